The number of rotatable bonds is 4. The second-order valence-electron chi connectivity index (χ2n) is 5.04. The van der Waals surface area contributed by atoms with E-state index in [0.717, 1.165) is 6.42 Å². The average molecular weight is 280 g/mol. The molecule has 1 fully saturated rings. The maximum atomic E-state index is 12.4. The second-order valence-corrected chi connectivity index (χ2v) is 5.04. The van der Waals surface area contributed by atoms with E-state index in [4.69, 9.17) is 5.73 Å². The third kappa shape index (κ3) is 2.79. The molecule has 0 radical (unpaired) electrons. The van der Waals surface area contributed by atoms with Crippen molar-refractivity contribution in [2.75, 3.05) is 27.2 Å². The van der Waals surface area contributed by atoms with E-state index in [0.29, 0.717) is 26.1 Å². The lowest BCUT2D eigenvalue weighted by Gasteiger charge is -2.25. The molecule has 2 amide bonds. The Morgan fingerprint density at radius 3 is 2.90 bits per heavy atom. The van der Waals surface area contributed by atoms with E-state index in [2.05, 4.69) is 10.3 Å². The molecule has 2 heterocycles. The predicted octanol–water partition coefficient (Wildman–Crippen LogP) is -1.07. The van der Waals surface area contributed by atoms with Crippen molar-refractivity contribution in [3.05, 3.63) is 11.9 Å². The first-order valence-corrected chi connectivity index (χ1v) is 6.67. The van der Waals surface area contributed by atoms with Gasteiger partial charge in [-0.2, -0.15) is 0 Å². The molecule has 1 aromatic rings. The van der Waals surface area contributed by atoms with Crippen LogP contribution >= 0.6 is 0 Å². The van der Waals surface area contributed by atoms with Gasteiger partial charge in [0.15, 0.2) is 5.69 Å². The minimum absolute atomic E-state index is 0.0507. The zero-order chi connectivity index (χ0) is 14.7. The van der Waals surface area contributed by atoms with Crippen molar-refractivity contribution in [2.24, 2.45) is 5.73 Å². The minimum atomic E-state index is -0.392. The summed E-state index contributed by atoms with van der Waals surface area (Å²) in [5, 5.41) is 7.71. The smallest absolute Gasteiger partial charge is 0.276 e. The molecule has 1 atom stereocenters. The molecule has 1 unspecified atom stereocenters. The van der Waals surface area contributed by atoms with Crippen molar-refractivity contribution < 1.29 is 9.59 Å². The van der Waals surface area contributed by atoms with Gasteiger partial charge in [-0.05, 0) is 12.8 Å². The number of likely N-dealkylation sites (N-methyl/N-ethyl adjacent to an activating group) is 1. The highest BCUT2D eigenvalue weighted by Gasteiger charge is 2.36. The van der Waals surface area contributed by atoms with Crippen LogP contribution < -0.4 is 5.73 Å². The van der Waals surface area contributed by atoms with Crippen molar-refractivity contribution in [2.45, 2.75) is 25.4 Å². The van der Waals surface area contributed by atoms with E-state index >= 15 is 0 Å². The Balaban J connectivity index is 2.12. The molecule has 0 bridgehead atoms. The van der Waals surface area contributed by atoms with Crippen molar-refractivity contribution in [1.82, 2.24) is 24.8 Å². The highest BCUT2D eigenvalue weighted by atomic mass is 16.2. The summed E-state index contributed by atoms with van der Waals surface area (Å²) in [6, 6.07) is -0.392. The molecule has 0 aliphatic carbocycles. The van der Waals surface area contributed by atoms with Crippen LogP contribution in [0.25, 0.3) is 0 Å². The fourth-order valence-electron chi connectivity index (χ4n) is 2.35. The number of hydrogen-bond donors (Lipinski definition) is 1. The quantitative estimate of drug-likeness (QED) is 0.757. The summed E-state index contributed by atoms with van der Waals surface area (Å²) < 4.78 is 1.53. The Kier molecular flexibility index (Phi) is 4.33. The minimum Gasteiger partial charge on any atom is -0.347 e. The van der Waals surface area contributed by atoms with Crippen LogP contribution in [-0.2, 0) is 11.3 Å². The monoisotopic (exact) mass is 280 g/mol. The van der Waals surface area contributed by atoms with Gasteiger partial charge in [-0.3, -0.25) is 14.3 Å². The summed E-state index contributed by atoms with van der Waals surface area (Å²) in [6.45, 7) is 1.52. The molecule has 1 saturated heterocycles. The number of likely N-dealkylation sites (tertiary alicyclic amines) is 1. The lowest BCUT2D eigenvalue weighted by molar-refractivity contribution is -0.132. The van der Waals surface area contributed by atoms with E-state index < -0.39 is 6.04 Å². The molecular weight excluding hydrogens is 260 g/mol. The number of nitrogens with two attached hydrogens (primary N) is 1. The first kappa shape index (κ1) is 14.4. The fraction of sp³-hybridized carbons (Fsp3) is 0.667. The molecule has 2 rings (SSSR count). The van der Waals surface area contributed by atoms with Crippen LogP contribution in [0.1, 0.15) is 23.3 Å². The molecule has 8 heteroatoms. The van der Waals surface area contributed by atoms with E-state index in [1.165, 1.54) is 9.58 Å². The van der Waals surface area contributed by atoms with E-state index in [9.17, 15) is 9.59 Å². The molecule has 8 nitrogen and oxygen atoms in total. The van der Waals surface area contributed by atoms with Gasteiger partial charge < -0.3 is 15.5 Å². The molecule has 110 valence electrons. The van der Waals surface area contributed by atoms with Crippen LogP contribution in [0.15, 0.2) is 6.20 Å². The van der Waals surface area contributed by atoms with Crippen LogP contribution in [0.2, 0.25) is 0 Å². The molecule has 1 aliphatic heterocycles. The second kappa shape index (κ2) is 6.00. The van der Waals surface area contributed by atoms with Gasteiger partial charge in [-0.15, -0.1) is 5.10 Å². The maximum Gasteiger partial charge on any atom is 0.276 e. The van der Waals surface area contributed by atoms with Gasteiger partial charge in [-0.25, -0.2) is 0 Å². The highest BCUT2D eigenvalue weighted by molar-refractivity contribution is 5.96. The highest BCUT2D eigenvalue weighted by Crippen LogP contribution is 2.20. The third-order valence-electron chi connectivity index (χ3n) is 3.36. The molecule has 1 aliphatic rings. The molecule has 0 spiro atoms. The fourth-order valence-corrected chi connectivity index (χ4v) is 2.35. The van der Waals surface area contributed by atoms with Crippen LogP contribution in [0.5, 0.6) is 0 Å². The zero-order valence-corrected chi connectivity index (χ0v) is 11.8. The first-order chi connectivity index (χ1) is 9.54. The van der Waals surface area contributed by atoms with Crippen molar-refractivity contribution in [1.29, 1.82) is 0 Å². The Morgan fingerprint density at radius 2 is 2.25 bits per heavy atom. The SMILES string of the molecule is CN(C)C(=O)C1CCCN1C(=O)c1cn(CCN)nn1. The predicted molar refractivity (Wildman–Crippen MR) is 71.8 cm³/mol. The van der Waals surface area contributed by atoms with Gasteiger partial charge in [0, 0.05) is 27.2 Å². The van der Waals surface area contributed by atoms with Crippen LogP contribution in [0.3, 0.4) is 0 Å². The third-order valence-corrected chi connectivity index (χ3v) is 3.36. The van der Waals surface area contributed by atoms with Crippen LogP contribution in [0, 0.1) is 0 Å². The molecule has 2 N–H and O–H groups in total. The summed E-state index contributed by atoms with van der Waals surface area (Å²) in [7, 11) is 3.39. The van der Waals surface area contributed by atoms with Crippen LogP contribution in [0.4, 0.5) is 0 Å². The van der Waals surface area contributed by atoms with E-state index in [-0.39, 0.29) is 17.5 Å². The summed E-state index contributed by atoms with van der Waals surface area (Å²) in [5.74, 6) is -0.295. The van der Waals surface area contributed by atoms with Crippen molar-refractivity contribution in [3.8, 4) is 0 Å². The van der Waals surface area contributed by atoms with Crippen molar-refractivity contribution in [3.63, 3.8) is 0 Å². The largest absolute Gasteiger partial charge is 0.347 e. The van der Waals surface area contributed by atoms with Crippen LogP contribution in [-0.4, -0.2) is 69.8 Å². The lowest BCUT2D eigenvalue weighted by Crippen LogP contribution is -2.45. The number of hydrogen-bond acceptors (Lipinski definition) is 5. The lowest BCUT2D eigenvalue weighted by atomic mass is 10.2. The Labute approximate surface area is 117 Å². The first-order valence-electron chi connectivity index (χ1n) is 6.67. The van der Waals surface area contributed by atoms with Gasteiger partial charge in [0.2, 0.25) is 5.91 Å². The van der Waals surface area contributed by atoms with Crippen molar-refractivity contribution >= 4 is 11.8 Å². The topological polar surface area (TPSA) is 97.4 Å². The molecular formula is C12H20N6O2. The standard InChI is InChI=1S/C12H20N6O2/c1-16(2)12(20)10-4-3-6-18(10)11(19)9-8-17(7-5-13)15-14-9/h8,10H,3-7,13H2,1-2H3. The summed E-state index contributed by atoms with van der Waals surface area (Å²) >= 11 is 0. The number of aromatic nitrogens is 3. The normalized spacial score (nSPS) is 18.4. The maximum absolute atomic E-state index is 12.4. The van der Waals surface area contributed by atoms with E-state index in [1.807, 2.05) is 0 Å². The van der Waals surface area contributed by atoms with Gasteiger partial charge >= 0.3 is 0 Å². The summed E-state index contributed by atoms with van der Waals surface area (Å²) in [5.41, 5.74) is 5.69. The zero-order valence-electron chi connectivity index (χ0n) is 11.8. The van der Waals surface area contributed by atoms with Gasteiger partial charge in [0.25, 0.3) is 5.91 Å². The number of nitrogens with zero attached hydrogens (tertiary/aromatic N) is 5. The number of carbonyl (C=O) groups is 2. The number of amides is 2. The average Bonchev–Trinajstić information content (AvgIpc) is 3.06. The molecule has 0 saturated carbocycles. The molecule has 20 heavy (non-hydrogen) atoms. The van der Waals surface area contributed by atoms with Gasteiger partial charge in [0.1, 0.15) is 6.04 Å². The molecule has 1 aromatic heterocycles. The Bertz CT molecular complexity index is 498. The Hall–Kier alpha value is -1.96. The van der Waals surface area contributed by atoms with Gasteiger partial charge in [0.05, 0.1) is 12.7 Å². The number of carbonyl (C=O) groups excluding carboxylic acids is 2. The molecule has 0 aromatic carbocycles. The van der Waals surface area contributed by atoms with E-state index in [1.54, 1.807) is 25.2 Å². The summed E-state index contributed by atoms with van der Waals surface area (Å²) in [6.07, 6.45) is 3.09. The van der Waals surface area contributed by atoms with Gasteiger partial charge in [-0.1, -0.05) is 5.21 Å². The Morgan fingerprint density at radius 1 is 1.50 bits per heavy atom. The summed E-state index contributed by atoms with van der Waals surface area (Å²) in [4.78, 5) is 27.6.